The van der Waals surface area contributed by atoms with Crippen molar-refractivity contribution >= 4 is 45.4 Å². The zero-order valence-electron chi connectivity index (χ0n) is 10.6. The number of hydrogen-bond donors (Lipinski definition) is 1. The predicted molar refractivity (Wildman–Crippen MR) is 85.0 cm³/mol. The molecule has 0 fully saturated rings. The number of thioether (sulfide) groups is 2. The van der Waals surface area contributed by atoms with Crippen molar-refractivity contribution in [2.75, 3.05) is 18.1 Å². The fourth-order valence-electron chi connectivity index (χ4n) is 1.26. The van der Waals surface area contributed by atoms with E-state index in [0.717, 1.165) is 28.8 Å². The molecule has 100 valence electrons. The second-order valence-electron chi connectivity index (χ2n) is 3.50. The third-order valence-electron chi connectivity index (χ3n) is 2.03. The second kappa shape index (κ2) is 11.5. The van der Waals surface area contributed by atoms with Gasteiger partial charge in [-0.15, -0.1) is 23.5 Å². The number of carbonyl (C=O) groups is 1. The molecule has 0 radical (unpaired) electrons. The van der Waals surface area contributed by atoms with Crippen molar-refractivity contribution in [3.05, 3.63) is 11.1 Å². The highest BCUT2D eigenvalue weighted by Crippen LogP contribution is 2.27. The van der Waals surface area contributed by atoms with Gasteiger partial charge in [0, 0.05) is 13.0 Å². The molecule has 0 saturated heterocycles. The lowest BCUT2D eigenvalue weighted by molar-refractivity contribution is -0.121. The van der Waals surface area contributed by atoms with Gasteiger partial charge in [0.2, 0.25) is 5.91 Å². The van der Waals surface area contributed by atoms with E-state index in [1.807, 2.05) is 23.5 Å². The van der Waals surface area contributed by atoms with Gasteiger partial charge >= 0.3 is 0 Å². The molecule has 0 heterocycles. The van der Waals surface area contributed by atoms with Crippen LogP contribution in [0.25, 0.3) is 0 Å². The van der Waals surface area contributed by atoms with Gasteiger partial charge in [-0.3, -0.25) is 4.79 Å². The quantitative estimate of drug-likeness (QED) is 0.609. The molecule has 1 N–H and O–H groups in total. The van der Waals surface area contributed by atoms with Gasteiger partial charge in [-0.1, -0.05) is 36.4 Å². The molecule has 0 aliphatic heterocycles. The van der Waals surface area contributed by atoms with Crippen LogP contribution in [0.2, 0.25) is 0 Å². The lowest BCUT2D eigenvalue weighted by Crippen LogP contribution is -2.24. The Kier molecular flexibility index (Phi) is 11.7. The summed E-state index contributed by atoms with van der Waals surface area (Å²) in [5, 5.41) is 2.91. The van der Waals surface area contributed by atoms with Gasteiger partial charge in [0.15, 0.2) is 0 Å². The van der Waals surface area contributed by atoms with Gasteiger partial charge in [-0.25, -0.2) is 0 Å². The third kappa shape index (κ3) is 11.2. The third-order valence-corrected chi connectivity index (χ3v) is 5.13. The molecule has 0 aliphatic rings. The monoisotopic (exact) mass is 339 g/mol. The van der Waals surface area contributed by atoms with E-state index in [-0.39, 0.29) is 5.91 Å². The summed E-state index contributed by atoms with van der Waals surface area (Å²) in [6, 6.07) is 0. The lowest BCUT2D eigenvalue weighted by atomic mass is 10.3. The van der Waals surface area contributed by atoms with Crippen LogP contribution in [0.1, 0.15) is 33.1 Å². The molecule has 0 aromatic carbocycles. The molecule has 0 saturated carbocycles. The maximum atomic E-state index is 11.6. The molecule has 0 rings (SSSR count). The normalized spacial score (nSPS) is 10.6. The highest BCUT2D eigenvalue weighted by molar-refractivity contribution is 9.11. The van der Waals surface area contributed by atoms with Gasteiger partial charge in [0.05, 0.1) is 4.58 Å². The van der Waals surface area contributed by atoms with Crippen LogP contribution in [0.15, 0.2) is 11.1 Å². The lowest BCUT2D eigenvalue weighted by Gasteiger charge is -2.14. The maximum absolute atomic E-state index is 11.6. The molecule has 0 unspecified atom stereocenters. The second-order valence-corrected chi connectivity index (χ2v) is 7.88. The maximum Gasteiger partial charge on any atom is 0.220 e. The minimum atomic E-state index is 0.150. The number of nitrogens with one attached hydrogen (secondary N) is 1. The Morgan fingerprint density at radius 3 is 2.35 bits per heavy atom. The van der Waals surface area contributed by atoms with Gasteiger partial charge in [0.25, 0.3) is 0 Å². The topological polar surface area (TPSA) is 29.1 Å². The fraction of sp³-hybridized carbons (Fsp3) is 0.750. The van der Waals surface area contributed by atoms with E-state index in [0.29, 0.717) is 17.5 Å². The largest absolute Gasteiger partial charge is 0.356 e. The first-order chi connectivity index (χ1) is 8.10. The highest BCUT2D eigenvalue weighted by Gasteiger charge is 2.10. The van der Waals surface area contributed by atoms with E-state index in [1.165, 1.54) is 0 Å². The van der Waals surface area contributed by atoms with Crippen molar-refractivity contribution in [1.82, 2.24) is 5.32 Å². The van der Waals surface area contributed by atoms with Crippen molar-refractivity contribution < 1.29 is 4.79 Å². The smallest absolute Gasteiger partial charge is 0.220 e. The first-order valence-corrected chi connectivity index (χ1v) is 8.82. The zero-order chi connectivity index (χ0) is 13.1. The van der Waals surface area contributed by atoms with Crippen LogP contribution < -0.4 is 5.32 Å². The molecule has 0 aliphatic carbocycles. The Balaban J connectivity index is 3.68. The summed E-state index contributed by atoms with van der Waals surface area (Å²) in [5.74, 6) is 2.38. The standard InChI is InChI=1S/C12H22BrNOS2/c1-4-16-12(17-5-2)7-6-11(15)14-9-8-10(3)13/h12H,3-9H2,1-2H3,(H,14,15). The van der Waals surface area contributed by atoms with E-state index in [4.69, 9.17) is 0 Å². The van der Waals surface area contributed by atoms with E-state index in [1.54, 1.807) is 0 Å². The Bertz CT molecular complexity index is 231. The van der Waals surface area contributed by atoms with Gasteiger partial charge in [0.1, 0.15) is 0 Å². The average molecular weight is 340 g/mol. The Morgan fingerprint density at radius 1 is 1.29 bits per heavy atom. The van der Waals surface area contributed by atoms with Crippen molar-refractivity contribution in [3.8, 4) is 0 Å². The van der Waals surface area contributed by atoms with Crippen molar-refractivity contribution in [2.45, 2.75) is 37.7 Å². The van der Waals surface area contributed by atoms with Crippen LogP contribution in [0.3, 0.4) is 0 Å². The fourth-order valence-corrected chi connectivity index (χ4v) is 3.97. The summed E-state index contributed by atoms with van der Waals surface area (Å²) >= 11 is 7.14. The molecular weight excluding hydrogens is 318 g/mol. The van der Waals surface area contributed by atoms with Crippen LogP contribution in [0, 0.1) is 0 Å². The SMILES string of the molecule is C=C(Br)CCNC(=O)CCC(SCC)SCC. The summed E-state index contributed by atoms with van der Waals surface area (Å²) in [6.07, 6.45) is 2.38. The predicted octanol–water partition coefficient (Wildman–Crippen LogP) is 4.01. The van der Waals surface area contributed by atoms with Crippen LogP contribution in [-0.4, -0.2) is 28.5 Å². The van der Waals surface area contributed by atoms with Gasteiger partial charge in [-0.2, -0.15) is 0 Å². The molecule has 0 spiro atoms. The number of amides is 1. The molecule has 17 heavy (non-hydrogen) atoms. The van der Waals surface area contributed by atoms with Crippen LogP contribution >= 0.6 is 39.5 Å². The van der Waals surface area contributed by atoms with E-state index >= 15 is 0 Å². The van der Waals surface area contributed by atoms with Gasteiger partial charge in [-0.05, 0) is 28.8 Å². The summed E-state index contributed by atoms with van der Waals surface area (Å²) in [5.41, 5.74) is 0. The molecule has 2 nitrogen and oxygen atoms in total. The summed E-state index contributed by atoms with van der Waals surface area (Å²) < 4.78 is 1.49. The van der Waals surface area contributed by atoms with E-state index in [2.05, 4.69) is 41.7 Å². The first-order valence-electron chi connectivity index (χ1n) is 5.93. The number of rotatable bonds is 10. The van der Waals surface area contributed by atoms with E-state index < -0.39 is 0 Å². The van der Waals surface area contributed by atoms with Crippen LogP contribution in [0.5, 0.6) is 0 Å². The Hall–Kier alpha value is 0.390. The molecule has 1 amide bonds. The average Bonchev–Trinajstić information content (AvgIpc) is 2.26. The zero-order valence-corrected chi connectivity index (χ0v) is 13.8. The van der Waals surface area contributed by atoms with Crippen LogP contribution in [0.4, 0.5) is 0 Å². The number of hydrogen-bond acceptors (Lipinski definition) is 3. The Morgan fingerprint density at radius 2 is 1.88 bits per heavy atom. The minimum absolute atomic E-state index is 0.150. The van der Waals surface area contributed by atoms with Gasteiger partial charge < -0.3 is 5.32 Å². The summed E-state index contributed by atoms with van der Waals surface area (Å²) in [6.45, 7) is 8.73. The highest BCUT2D eigenvalue weighted by atomic mass is 79.9. The Labute approximate surface area is 122 Å². The summed E-state index contributed by atoms with van der Waals surface area (Å²) in [4.78, 5) is 11.6. The van der Waals surface area contributed by atoms with Crippen molar-refractivity contribution in [2.24, 2.45) is 0 Å². The molecule has 5 heteroatoms. The molecule has 0 aromatic heterocycles. The minimum Gasteiger partial charge on any atom is -0.356 e. The summed E-state index contributed by atoms with van der Waals surface area (Å²) in [7, 11) is 0. The van der Waals surface area contributed by atoms with Crippen molar-refractivity contribution in [1.29, 1.82) is 0 Å². The molecule has 0 aromatic rings. The molecular formula is C12H22BrNOS2. The molecule has 0 atom stereocenters. The number of carbonyl (C=O) groups excluding carboxylic acids is 1. The number of halogens is 1. The van der Waals surface area contributed by atoms with Crippen LogP contribution in [-0.2, 0) is 4.79 Å². The first kappa shape index (κ1) is 17.4. The molecule has 0 bridgehead atoms. The van der Waals surface area contributed by atoms with E-state index in [9.17, 15) is 4.79 Å². The van der Waals surface area contributed by atoms with Crippen molar-refractivity contribution in [3.63, 3.8) is 0 Å².